The number of benzene rings is 1. The van der Waals surface area contributed by atoms with Crippen molar-refractivity contribution in [2.24, 2.45) is 0 Å². The maximum Gasteiger partial charge on any atom is 0.276 e. The Hall–Kier alpha value is -2.40. The van der Waals surface area contributed by atoms with Crippen LogP contribution in [0.4, 0.5) is 0 Å². The highest BCUT2D eigenvalue weighted by atomic mass is 16.1. The van der Waals surface area contributed by atoms with Crippen LogP contribution < -0.4 is 5.56 Å². The van der Waals surface area contributed by atoms with E-state index >= 15 is 0 Å². The van der Waals surface area contributed by atoms with Gasteiger partial charge in [0, 0.05) is 30.4 Å². The number of likely N-dealkylation sites (N-methyl/N-ethyl adjacent to an activating group) is 1. The van der Waals surface area contributed by atoms with Gasteiger partial charge in [0.25, 0.3) is 5.56 Å². The molecular weight excluding hydrogens is 276 g/mol. The molecule has 3 heterocycles. The average Bonchev–Trinajstić information content (AvgIpc) is 2.92. The van der Waals surface area contributed by atoms with E-state index in [1.165, 1.54) is 5.56 Å². The lowest BCUT2D eigenvalue weighted by Gasteiger charge is -2.23. The molecule has 1 aromatic carbocycles. The van der Waals surface area contributed by atoms with Crippen LogP contribution in [0.15, 0.2) is 35.3 Å². The summed E-state index contributed by atoms with van der Waals surface area (Å²) in [6, 6.07) is 8.28. The Labute approximate surface area is 128 Å². The van der Waals surface area contributed by atoms with Crippen LogP contribution in [0.3, 0.4) is 0 Å². The van der Waals surface area contributed by atoms with Gasteiger partial charge in [-0.15, -0.1) is 0 Å². The molecule has 0 radical (unpaired) electrons. The SMILES string of the molecule is Cc1ccc(-c2c[nH]n3c(=O)c4c(nc23)CN(C)CC4)cc1. The van der Waals surface area contributed by atoms with Gasteiger partial charge < -0.3 is 4.90 Å². The van der Waals surface area contributed by atoms with Crippen molar-refractivity contribution in [3.05, 3.63) is 57.6 Å². The number of rotatable bonds is 1. The van der Waals surface area contributed by atoms with Gasteiger partial charge in [0.1, 0.15) is 0 Å². The smallest absolute Gasteiger partial charge is 0.276 e. The van der Waals surface area contributed by atoms with Crippen LogP contribution in [0, 0.1) is 6.92 Å². The van der Waals surface area contributed by atoms with Gasteiger partial charge in [-0.2, -0.15) is 0 Å². The number of nitrogens with zero attached hydrogens (tertiary/aromatic N) is 3. The fraction of sp³-hybridized carbons (Fsp3) is 0.294. The highest BCUT2D eigenvalue weighted by Gasteiger charge is 2.21. The molecule has 5 heteroatoms. The van der Waals surface area contributed by atoms with Gasteiger partial charge in [0.2, 0.25) is 0 Å². The molecular formula is C17H18N4O. The number of aromatic nitrogens is 3. The molecule has 112 valence electrons. The zero-order valence-electron chi connectivity index (χ0n) is 12.8. The first kappa shape index (κ1) is 13.3. The second-order valence-electron chi connectivity index (χ2n) is 6.04. The molecule has 3 aromatic rings. The zero-order valence-corrected chi connectivity index (χ0v) is 12.8. The minimum atomic E-state index is 0.0338. The molecule has 22 heavy (non-hydrogen) atoms. The van der Waals surface area contributed by atoms with Crippen molar-refractivity contribution in [1.82, 2.24) is 19.5 Å². The Bertz CT molecular complexity index is 905. The van der Waals surface area contributed by atoms with Crippen LogP contribution in [-0.4, -0.2) is 33.1 Å². The third-order valence-corrected chi connectivity index (χ3v) is 4.37. The average molecular weight is 294 g/mol. The second kappa shape index (κ2) is 4.81. The van der Waals surface area contributed by atoms with Crippen LogP contribution >= 0.6 is 0 Å². The summed E-state index contributed by atoms with van der Waals surface area (Å²) >= 11 is 0. The Morgan fingerprint density at radius 2 is 2.00 bits per heavy atom. The number of aryl methyl sites for hydroxylation is 1. The van der Waals surface area contributed by atoms with Crippen LogP contribution in [-0.2, 0) is 13.0 Å². The van der Waals surface area contributed by atoms with Gasteiger partial charge in [0.05, 0.1) is 5.69 Å². The Morgan fingerprint density at radius 3 is 2.77 bits per heavy atom. The topological polar surface area (TPSA) is 53.4 Å². The highest BCUT2D eigenvalue weighted by Crippen LogP contribution is 2.24. The molecule has 0 aliphatic carbocycles. The number of hydrogen-bond donors (Lipinski definition) is 1. The molecule has 0 amide bonds. The van der Waals surface area contributed by atoms with Crippen molar-refractivity contribution < 1.29 is 0 Å². The van der Waals surface area contributed by atoms with E-state index in [4.69, 9.17) is 4.98 Å². The van der Waals surface area contributed by atoms with E-state index in [-0.39, 0.29) is 5.56 Å². The Balaban J connectivity index is 1.95. The van der Waals surface area contributed by atoms with E-state index in [1.807, 2.05) is 6.20 Å². The molecule has 1 aliphatic heterocycles. The van der Waals surface area contributed by atoms with Gasteiger partial charge in [-0.05, 0) is 26.0 Å². The lowest BCUT2D eigenvalue weighted by atomic mass is 10.1. The fourth-order valence-electron chi connectivity index (χ4n) is 3.06. The molecule has 4 rings (SSSR count). The molecule has 0 spiro atoms. The Morgan fingerprint density at radius 1 is 1.23 bits per heavy atom. The van der Waals surface area contributed by atoms with E-state index in [1.54, 1.807) is 4.52 Å². The molecule has 1 aliphatic rings. The number of aromatic amines is 1. The maximum absolute atomic E-state index is 12.7. The first-order valence-corrected chi connectivity index (χ1v) is 7.51. The number of nitrogens with one attached hydrogen (secondary N) is 1. The van der Waals surface area contributed by atoms with Gasteiger partial charge in [-0.3, -0.25) is 9.89 Å². The van der Waals surface area contributed by atoms with Gasteiger partial charge >= 0.3 is 0 Å². The number of hydrogen-bond acceptors (Lipinski definition) is 3. The van der Waals surface area contributed by atoms with Crippen LogP contribution in [0.1, 0.15) is 16.8 Å². The van der Waals surface area contributed by atoms with Crippen molar-refractivity contribution in [2.45, 2.75) is 19.9 Å². The van der Waals surface area contributed by atoms with E-state index in [0.29, 0.717) is 5.65 Å². The summed E-state index contributed by atoms with van der Waals surface area (Å²) in [7, 11) is 2.06. The first-order valence-electron chi connectivity index (χ1n) is 7.51. The lowest BCUT2D eigenvalue weighted by Crippen LogP contribution is -2.34. The predicted octanol–water partition coefficient (Wildman–Crippen LogP) is 1.99. The van der Waals surface area contributed by atoms with E-state index in [0.717, 1.165) is 41.9 Å². The second-order valence-corrected chi connectivity index (χ2v) is 6.04. The largest absolute Gasteiger partial charge is 0.300 e. The minimum Gasteiger partial charge on any atom is -0.300 e. The maximum atomic E-state index is 12.7. The van der Waals surface area contributed by atoms with Gasteiger partial charge in [-0.25, -0.2) is 9.50 Å². The molecule has 0 atom stereocenters. The van der Waals surface area contributed by atoms with Crippen LogP contribution in [0.25, 0.3) is 16.8 Å². The van der Waals surface area contributed by atoms with Crippen LogP contribution in [0.2, 0.25) is 0 Å². The summed E-state index contributed by atoms with van der Waals surface area (Å²) in [4.78, 5) is 19.6. The lowest BCUT2D eigenvalue weighted by molar-refractivity contribution is 0.306. The number of H-pyrrole nitrogens is 1. The molecule has 0 bridgehead atoms. The summed E-state index contributed by atoms with van der Waals surface area (Å²) in [6.07, 6.45) is 2.63. The summed E-state index contributed by atoms with van der Waals surface area (Å²) in [5.74, 6) is 0. The third kappa shape index (κ3) is 1.97. The molecule has 1 N–H and O–H groups in total. The quantitative estimate of drug-likeness (QED) is 0.747. The van der Waals surface area contributed by atoms with E-state index in [2.05, 4.69) is 48.2 Å². The van der Waals surface area contributed by atoms with Gasteiger partial charge in [-0.1, -0.05) is 29.8 Å². The normalized spacial score (nSPS) is 15.2. The third-order valence-electron chi connectivity index (χ3n) is 4.37. The molecule has 0 unspecified atom stereocenters. The zero-order chi connectivity index (χ0) is 15.3. The molecule has 2 aromatic heterocycles. The van der Waals surface area contributed by atoms with Crippen LogP contribution in [0.5, 0.6) is 0 Å². The summed E-state index contributed by atoms with van der Waals surface area (Å²) < 4.78 is 1.57. The van der Waals surface area contributed by atoms with Crippen molar-refractivity contribution in [1.29, 1.82) is 0 Å². The first-order chi connectivity index (χ1) is 10.6. The molecule has 0 saturated carbocycles. The van der Waals surface area contributed by atoms with Crippen molar-refractivity contribution in [3.63, 3.8) is 0 Å². The Kier molecular flexibility index (Phi) is 2.90. The summed E-state index contributed by atoms with van der Waals surface area (Å²) in [5.41, 5.74) is 5.75. The fourth-order valence-corrected chi connectivity index (χ4v) is 3.06. The molecule has 0 fully saturated rings. The van der Waals surface area contributed by atoms with Crippen molar-refractivity contribution in [2.75, 3.05) is 13.6 Å². The molecule has 5 nitrogen and oxygen atoms in total. The van der Waals surface area contributed by atoms with E-state index in [9.17, 15) is 4.79 Å². The summed E-state index contributed by atoms with van der Waals surface area (Å²) in [6.45, 7) is 3.70. The highest BCUT2D eigenvalue weighted by molar-refractivity contribution is 5.77. The monoisotopic (exact) mass is 294 g/mol. The van der Waals surface area contributed by atoms with Crippen molar-refractivity contribution >= 4 is 5.65 Å². The minimum absolute atomic E-state index is 0.0338. The van der Waals surface area contributed by atoms with Gasteiger partial charge in [0.15, 0.2) is 5.65 Å². The van der Waals surface area contributed by atoms with Crippen molar-refractivity contribution in [3.8, 4) is 11.1 Å². The number of fused-ring (bicyclic) bond motifs is 2. The summed E-state index contributed by atoms with van der Waals surface area (Å²) in [5, 5.41) is 3.06. The predicted molar refractivity (Wildman–Crippen MR) is 86.0 cm³/mol. The standard InChI is InChI=1S/C17H18N4O/c1-11-3-5-12(6-4-11)14-9-18-21-16(14)19-15-10-20(2)8-7-13(15)17(21)22/h3-6,9,18H,7-8,10H2,1-2H3. The van der Waals surface area contributed by atoms with E-state index < -0.39 is 0 Å². The molecule has 0 saturated heterocycles.